The predicted molar refractivity (Wildman–Crippen MR) is 70.8 cm³/mol. The van der Waals surface area contributed by atoms with E-state index in [0.717, 1.165) is 5.69 Å². The van der Waals surface area contributed by atoms with Gasteiger partial charge in [0.1, 0.15) is 12.2 Å². The Morgan fingerprint density at radius 3 is 2.58 bits per heavy atom. The third kappa shape index (κ3) is 3.56. The second-order valence-corrected chi connectivity index (χ2v) is 4.59. The third-order valence-electron chi connectivity index (χ3n) is 2.83. The van der Waals surface area contributed by atoms with E-state index in [1.54, 1.807) is 10.7 Å². The van der Waals surface area contributed by atoms with Gasteiger partial charge in [-0.2, -0.15) is 5.10 Å². The summed E-state index contributed by atoms with van der Waals surface area (Å²) in [6.07, 6.45) is 0. The molecular weight excluding hydrogens is 246 g/mol. The normalized spacial score (nSPS) is 10.6. The first-order chi connectivity index (χ1) is 8.90. The first-order valence-electron chi connectivity index (χ1n) is 6.32. The molecule has 0 aliphatic heterocycles. The van der Waals surface area contributed by atoms with Crippen LogP contribution in [0.4, 0.5) is 0 Å². The summed E-state index contributed by atoms with van der Waals surface area (Å²) < 4.78 is 6.27. The Morgan fingerprint density at radius 2 is 2.11 bits per heavy atom. The number of aryl methyl sites for hydroxylation is 2. The van der Waals surface area contributed by atoms with Gasteiger partial charge < -0.3 is 9.64 Å². The molecule has 0 N–H and O–H groups in total. The number of aromatic nitrogens is 2. The second-order valence-electron chi connectivity index (χ2n) is 4.59. The molecule has 1 rings (SSSR count). The minimum absolute atomic E-state index is 0.0546. The average Bonchev–Trinajstić information content (AvgIpc) is 2.75. The topological polar surface area (TPSA) is 64.4 Å². The summed E-state index contributed by atoms with van der Waals surface area (Å²) in [4.78, 5) is 25.4. The molecule has 0 aliphatic rings. The van der Waals surface area contributed by atoms with Gasteiger partial charge in [-0.25, -0.2) is 0 Å². The van der Waals surface area contributed by atoms with E-state index in [4.69, 9.17) is 0 Å². The Bertz CT molecular complexity index is 466. The maximum Gasteiger partial charge on any atom is 0.325 e. The predicted octanol–water partition coefficient (Wildman–Crippen LogP) is 1.24. The van der Waals surface area contributed by atoms with Crippen LogP contribution in [0, 0.1) is 6.92 Å². The number of hydrogen-bond donors (Lipinski definition) is 0. The van der Waals surface area contributed by atoms with Gasteiger partial charge in [0.05, 0.1) is 12.8 Å². The number of carbonyl (C=O) groups excluding carboxylic acids is 2. The first-order valence-corrected chi connectivity index (χ1v) is 6.32. The Balaban J connectivity index is 3.02. The number of carbonyl (C=O) groups is 2. The fourth-order valence-corrected chi connectivity index (χ4v) is 1.80. The number of nitrogens with zero attached hydrogens (tertiary/aromatic N) is 3. The van der Waals surface area contributed by atoms with Crippen molar-refractivity contribution >= 4 is 11.9 Å². The first kappa shape index (κ1) is 15.2. The summed E-state index contributed by atoms with van der Waals surface area (Å²) in [5.41, 5.74) is 1.28. The van der Waals surface area contributed by atoms with Crippen LogP contribution in [-0.2, 0) is 16.1 Å². The van der Waals surface area contributed by atoms with E-state index in [-0.39, 0.29) is 18.5 Å². The number of methoxy groups -OCH3 is 1. The lowest BCUT2D eigenvalue weighted by Crippen LogP contribution is -2.41. The molecule has 0 spiro atoms. The highest BCUT2D eigenvalue weighted by atomic mass is 16.5. The van der Waals surface area contributed by atoms with E-state index in [9.17, 15) is 9.59 Å². The molecule has 0 fully saturated rings. The van der Waals surface area contributed by atoms with Gasteiger partial charge in [0, 0.05) is 12.6 Å². The molecule has 1 aromatic rings. The van der Waals surface area contributed by atoms with Gasteiger partial charge in [0.15, 0.2) is 0 Å². The van der Waals surface area contributed by atoms with Gasteiger partial charge in [-0.15, -0.1) is 0 Å². The van der Waals surface area contributed by atoms with Crippen molar-refractivity contribution in [1.29, 1.82) is 0 Å². The van der Waals surface area contributed by atoms with Gasteiger partial charge in [0.25, 0.3) is 5.91 Å². The Hall–Kier alpha value is -1.85. The van der Waals surface area contributed by atoms with Gasteiger partial charge >= 0.3 is 5.97 Å². The number of esters is 1. The van der Waals surface area contributed by atoms with E-state index < -0.39 is 5.97 Å². The molecule has 0 radical (unpaired) electrons. The summed E-state index contributed by atoms with van der Waals surface area (Å²) >= 11 is 0. The van der Waals surface area contributed by atoms with E-state index >= 15 is 0 Å². The van der Waals surface area contributed by atoms with Crippen molar-refractivity contribution in [2.24, 2.45) is 0 Å². The van der Waals surface area contributed by atoms with Gasteiger partial charge in [0.2, 0.25) is 0 Å². The number of amides is 1. The van der Waals surface area contributed by atoms with Crippen LogP contribution in [-0.4, -0.2) is 46.3 Å². The molecule has 1 heterocycles. The van der Waals surface area contributed by atoms with Crippen LogP contribution in [0.1, 0.15) is 37.0 Å². The molecule has 1 amide bonds. The van der Waals surface area contributed by atoms with Gasteiger partial charge in [-0.3, -0.25) is 14.3 Å². The zero-order valence-electron chi connectivity index (χ0n) is 12.1. The Labute approximate surface area is 113 Å². The van der Waals surface area contributed by atoms with Crippen LogP contribution < -0.4 is 0 Å². The molecule has 6 heteroatoms. The minimum atomic E-state index is -0.429. The van der Waals surface area contributed by atoms with Gasteiger partial charge in [-0.05, 0) is 33.8 Å². The van der Waals surface area contributed by atoms with Crippen molar-refractivity contribution in [3.63, 3.8) is 0 Å². The summed E-state index contributed by atoms with van der Waals surface area (Å²) in [7, 11) is 1.31. The molecule has 0 bridgehead atoms. The molecule has 0 aromatic carbocycles. The lowest BCUT2D eigenvalue weighted by atomic mass is 10.2. The summed E-state index contributed by atoms with van der Waals surface area (Å²) in [6, 6.07) is 1.64. The summed E-state index contributed by atoms with van der Waals surface area (Å²) in [5.74, 6) is -0.635. The highest BCUT2D eigenvalue weighted by Crippen LogP contribution is 2.11. The van der Waals surface area contributed by atoms with E-state index in [1.807, 2.05) is 27.7 Å². The Kier molecular flexibility index (Phi) is 5.09. The molecule has 19 heavy (non-hydrogen) atoms. The fraction of sp³-hybridized carbons (Fsp3) is 0.615. The Morgan fingerprint density at radius 1 is 1.47 bits per heavy atom. The van der Waals surface area contributed by atoms with E-state index in [0.29, 0.717) is 12.2 Å². The average molecular weight is 267 g/mol. The lowest BCUT2D eigenvalue weighted by molar-refractivity contribution is -0.141. The monoisotopic (exact) mass is 267 g/mol. The zero-order valence-corrected chi connectivity index (χ0v) is 12.1. The quantitative estimate of drug-likeness (QED) is 0.753. The number of rotatable bonds is 5. The maximum absolute atomic E-state index is 12.5. The van der Waals surface area contributed by atoms with Crippen molar-refractivity contribution in [2.75, 3.05) is 13.7 Å². The van der Waals surface area contributed by atoms with Crippen molar-refractivity contribution < 1.29 is 14.3 Å². The maximum atomic E-state index is 12.5. The summed E-state index contributed by atoms with van der Waals surface area (Å²) in [6.45, 7) is 8.03. The van der Waals surface area contributed by atoms with Crippen molar-refractivity contribution in [2.45, 2.75) is 40.3 Å². The molecule has 1 aromatic heterocycles. The smallest absolute Gasteiger partial charge is 0.325 e. The van der Waals surface area contributed by atoms with Gasteiger partial charge in [-0.1, -0.05) is 0 Å². The second kappa shape index (κ2) is 6.36. The molecular formula is C13H21N3O3. The van der Waals surface area contributed by atoms with Crippen LogP contribution in [0.5, 0.6) is 0 Å². The van der Waals surface area contributed by atoms with Crippen LogP contribution >= 0.6 is 0 Å². The van der Waals surface area contributed by atoms with Crippen LogP contribution in [0.25, 0.3) is 0 Å². The molecule has 0 unspecified atom stereocenters. The molecule has 0 atom stereocenters. The zero-order chi connectivity index (χ0) is 14.6. The highest BCUT2D eigenvalue weighted by molar-refractivity contribution is 5.94. The van der Waals surface area contributed by atoms with Crippen molar-refractivity contribution in [3.05, 3.63) is 17.5 Å². The third-order valence-corrected chi connectivity index (χ3v) is 2.83. The molecule has 106 valence electrons. The lowest BCUT2D eigenvalue weighted by Gasteiger charge is -2.25. The van der Waals surface area contributed by atoms with Crippen LogP contribution in [0.2, 0.25) is 0 Å². The molecule has 0 aliphatic carbocycles. The molecule has 0 saturated heterocycles. The van der Waals surface area contributed by atoms with Crippen LogP contribution in [0.15, 0.2) is 6.07 Å². The SMILES string of the molecule is CCn1nc(C)cc1C(=O)N(CC(=O)OC)C(C)C. The van der Waals surface area contributed by atoms with E-state index in [2.05, 4.69) is 9.84 Å². The number of hydrogen-bond acceptors (Lipinski definition) is 4. The standard InChI is InChI=1S/C13H21N3O3/c1-6-16-11(7-10(4)14-16)13(18)15(9(2)3)8-12(17)19-5/h7,9H,6,8H2,1-5H3. The molecule has 0 saturated carbocycles. The largest absolute Gasteiger partial charge is 0.468 e. The minimum Gasteiger partial charge on any atom is -0.468 e. The van der Waals surface area contributed by atoms with Crippen LogP contribution in [0.3, 0.4) is 0 Å². The van der Waals surface area contributed by atoms with Crippen molar-refractivity contribution in [1.82, 2.24) is 14.7 Å². The highest BCUT2D eigenvalue weighted by Gasteiger charge is 2.24. The molecule has 6 nitrogen and oxygen atoms in total. The summed E-state index contributed by atoms with van der Waals surface area (Å²) in [5, 5.41) is 4.24. The van der Waals surface area contributed by atoms with Crippen molar-refractivity contribution in [3.8, 4) is 0 Å². The number of ether oxygens (including phenoxy) is 1. The fourth-order valence-electron chi connectivity index (χ4n) is 1.80. The van der Waals surface area contributed by atoms with E-state index in [1.165, 1.54) is 12.0 Å².